The highest BCUT2D eigenvalue weighted by Crippen LogP contribution is 2.32. The van der Waals surface area contributed by atoms with Crippen molar-refractivity contribution in [2.45, 2.75) is 47.5 Å². The number of aromatic nitrogens is 2. The zero-order chi connectivity index (χ0) is 24.5. The second kappa shape index (κ2) is 11.8. The molecule has 0 aliphatic carbocycles. The van der Waals surface area contributed by atoms with Crippen molar-refractivity contribution in [1.29, 1.82) is 0 Å². The Kier molecular flexibility index (Phi) is 9.09. The summed E-state index contributed by atoms with van der Waals surface area (Å²) in [5.74, 6) is -1.24. The number of aromatic amines is 1. The predicted molar refractivity (Wildman–Crippen MR) is 135 cm³/mol. The van der Waals surface area contributed by atoms with Crippen molar-refractivity contribution in [2.75, 3.05) is 0 Å². The van der Waals surface area contributed by atoms with Crippen LogP contribution in [0, 0.1) is 12.8 Å². The quantitative estimate of drug-likeness (QED) is 0.357. The Labute approximate surface area is 195 Å². The molecule has 0 fully saturated rings. The van der Waals surface area contributed by atoms with Crippen molar-refractivity contribution in [3.05, 3.63) is 70.5 Å². The van der Waals surface area contributed by atoms with E-state index in [1.165, 1.54) is 12.8 Å². The topological polar surface area (TPSA) is 127 Å². The number of aryl methyl sites for hydroxylation is 1. The minimum Gasteiger partial charge on any atom is -0.400 e. The smallest absolute Gasteiger partial charge is 0.226 e. The van der Waals surface area contributed by atoms with Gasteiger partial charge in [0.1, 0.15) is 6.29 Å². The predicted octanol–water partition coefficient (Wildman–Crippen LogP) is 4.75. The number of nitrogens with one attached hydrogen (secondary N) is 1. The van der Waals surface area contributed by atoms with Crippen LogP contribution in [0.5, 0.6) is 0 Å². The molecule has 0 spiro atoms. The number of H-pyrrole nitrogens is 1. The summed E-state index contributed by atoms with van der Waals surface area (Å²) in [7, 11) is 0. The number of primary amides is 1. The molecule has 7 nitrogen and oxygen atoms in total. The van der Waals surface area contributed by atoms with Crippen molar-refractivity contribution in [3.8, 4) is 0 Å². The van der Waals surface area contributed by atoms with Crippen molar-refractivity contribution >= 4 is 34.5 Å². The van der Waals surface area contributed by atoms with Crippen molar-refractivity contribution in [3.63, 3.8) is 0 Å². The molecular weight excluding hydrogens is 414 g/mol. The maximum atomic E-state index is 11.8. The van der Waals surface area contributed by atoms with Crippen LogP contribution >= 0.6 is 0 Å². The fourth-order valence-corrected chi connectivity index (χ4v) is 3.13. The van der Waals surface area contributed by atoms with Gasteiger partial charge >= 0.3 is 0 Å². The van der Waals surface area contributed by atoms with Crippen molar-refractivity contribution in [2.24, 2.45) is 22.4 Å². The number of carbonyl (C=O) groups is 2. The van der Waals surface area contributed by atoms with E-state index in [-0.39, 0.29) is 5.70 Å². The van der Waals surface area contributed by atoms with Gasteiger partial charge in [0, 0.05) is 27.9 Å². The summed E-state index contributed by atoms with van der Waals surface area (Å²) >= 11 is 0. The SMILES string of the molecule is CC(=N/C(=C(/N)C(C)C(N)=O)c1c(C)ccc2[nH]ncc12)c1cccc(C=O)c1.CCCC. The molecule has 0 saturated carbocycles. The molecule has 33 heavy (non-hydrogen) atoms. The zero-order valence-corrected chi connectivity index (χ0v) is 20.0. The normalized spacial score (nSPS) is 13.1. The molecule has 0 aliphatic rings. The molecule has 1 amide bonds. The van der Waals surface area contributed by atoms with E-state index >= 15 is 0 Å². The fourth-order valence-electron chi connectivity index (χ4n) is 3.13. The maximum Gasteiger partial charge on any atom is 0.226 e. The summed E-state index contributed by atoms with van der Waals surface area (Å²) in [6.45, 7) is 9.79. The molecule has 3 aromatic rings. The molecule has 5 N–H and O–H groups in total. The summed E-state index contributed by atoms with van der Waals surface area (Å²) in [5, 5.41) is 7.90. The minimum absolute atomic E-state index is 0.278. The lowest BCUT2D eigenvalue weighted by Gasteiger charge is -2.16. The Bertz CT molecular complexity index is 1190. The summed E-state index contributed by atoms with van der Waals surface area (Å²) in [6, 6.07) is 11.0. The third kappa shape index (κ3) is 6.16. The van der Waals surface area contributed by atoms with Crippen LogP contribution in [0.1, 0.15) is 67.6 Å². The van der Waals surface area contributed by atoms with Gasteiger partial charge in [0.15, 0.2) is 0 Å². The third-order valence-electron chi connectivity index (χ3n) is 5.46. The summed E-state index contributed by atoms with van der Waals surface area (Å²) in [5.41, 5.74) is 17.2. The van der Waals surface area contributed by atoms with Gasteiger partial charge in [0.05, 0.1) is 23.3 Å². The summed E-state index contributed by atoms with van der Waals surface area (Å²) < 4.78 is 0. The van der Waals surface area contributed by atoms with Crippen LogP contribution in [0.3, 0.4) is 0 Å². The standard InChI is InChI=1S/C22H23N5O2.C4H10/c1-12-7-8-18-17(10-25-27-18)19(12)21(20(23)13(2)22(24)29)26-14(3)16-6-4-5-15(9-16)11-28;1-3-4-2/h4-11,13H,23H2,1-3H3,(H2,24,29)(H,25,27);3-4H2,1-2H3/b21-20+,26-14?;. The molecule has 7 heteroatoms. The van der Waals surface area contributed by atoms with Gasteiger partial charge in [0.25, 0.3) is 0 Å². The van der Waals surface area contributed by atoms with Crippen LogP contribution in [0.15, 0.2) is 53.3 Å². The summed E-state index contributed by atoms with van der Waals surface area (Å²) in [4.78, 5) is 27.7. The van der Waals surface area contributed by atoms with E-state index in [1.807, 2.05) is 32.0 Å². The number of unbranched alkanes of at least 4 members (excludes halogenated alkanes) is 1. The van der Waals surface area contributed by atoms with Gasteiger partial charge in [-0.1, -0.05) is 51.0 Å². The number of aliphatic imine (C=N–C) groups is 1. The number of carbonyl (C=O) groups excluding carboxylic acids is 2. The molecule has 0 bridgehead atoms. The first-order valence-electron chi connectivity index (χ1n) is 11.1. The molecule has 1 unspecified atom stereocenters. The molecule has 3 rings (SSSR count). The van der Waals surface area contributed by atoms with Gasteiger partial charge in [-0.3, -0.25) is 19.7 Å². The van der Waals surface area contributed by atoms with E-state index in [9.17, 15) is 9.59 Å². The molecule has 1 atom stereocenters. The van der Waals surface area contributed by atoms with Gasteiger partial charge in [-0.2, -0.15) is 5.10 Å². The van der Waals surface area contributed by atoms with Gasteiger partial charge in [-0.05, 0) is 44.0 Å². The third-order valence-corrected chi connectivity index (χ3v) is 5.46. The first-order valence-corrected chi connectivity index (χ1v) is 11.1. The van der Waals surface area contributed by atoms with E-state index in [0.717, 1.165) is 33.9 Å². The van der Waals surface area contributed by atoms with E-state index in [0.29, 0.717) is 17.0 Å². The first kappa shape index (κ1) is 25.5. The monoisotopic (exact) mass is 447 g/mol. The van der Waals surface area contributed by atoms with E-state index in [4.69, 9.17) is 16.5 Å². The Hall–Kier alpha value is -3.74. The van der Waals surface area contributed by atoms with Crippen LogP contribution in [-0.2, 0) is 4.79 Å². The maximum absolute atomic E-state index is 11.8. The molecular formula is C26H33N5O2. The zero-order valence-electron chi connectivity index (χ0n) is 20.0. The average Bonchev–Trinajstić information content (AvgIpc) is 3.30. The lowest BCUT2D eigenvalue weighted by Crippen LogP contribution is -2.26. The van der Waals surface area contributed by atoms with Crippen molar-refractivity contribution in [1.82, 2.24) is 10.2 Å². The van der Waals surface area contributed by atoms with Crippen molar-refractivity contribution < 1.29 is 9.59 Å². The van der Waals surface area contributed by atoms with Crippen LogP contribution in [0.2, 0.25) is 0 Å². The number of benzene rings is 2. The number of rotatable bonds is 7. The molecule has 174 valence electrons. The molecule has 0 radical (unpaired) electrons. The number of hydrogen-bond donors (Lipinski definition) is 3. The highest BCUT2D eigenvalue weighted by atomic mass is 16.1. The second-order valence-electron chi connectivity index (χ2n) is 7.96. The average molecular weight is 448 g/mol. The number of amides is 1. The highest BCUT2D eigenvalue weighted by molar-refractivity contribution is 6.05. The number of hydrogen-bond acceptors (Lipinski definition) is 5. The Balaban J connectivity index is 0.000000890. The van der Waals surface area contributed by atoms with Crippen LogP contribution in [-0.4, -0.2) is 28.1 Å². The minimum atomic E-state index is -0.704. The molecule has 1 aromatic heterocycles. The summed E-state index contributed by atoms with van der Waals surface area (Å²) in [6.07, 6.45) is 5.13. The number of nitrogens with zero attached hydrogens (tertiary/aromatic N) is 2. The second-order valence-corrected chi connectivity index (χ2v) is 7.96. The van der Waals surface area contributed by atoms with E-state index < -0.39 is 11.8 Å². The van der Waals surface area contributed by atoms with Gasteiger partial charge < -0.3 is 11.5 Å². The van der Waals surface area contributed by atoms with Crippen LogP contribution < -0.4 is 11.5 Å². The lowest BCUT2D eigenvalue weighted by molar-refractivity contribution is -0.120. The van der Waals surface area contributed by atoms with Crippen LogP contribution in [0.25, 0.3) is 16.6 Å². The fraction of sp³-hybridized carbons (Fsp3) is 0.308. The van der Waals surface area contributed by atoms with E-state index in [2.05, 4.69) is 24.0 Å². The van der Waals surface area contributed by atoms with Crippen LogP contribution in [0.4, 0.5) is 0 Å². The van der Waals surface area contributed by atoms with Gasteiger partial charge in [0.2, 0.25) is 5.91 Å². The Morgan fingerprint density at radius 2 is 1.88 bits per heavy atom. The largest absolute Gasteiger partial charge is 0.400 e. The van der Waals surface area contributed by atoms with Gasteiger partial charge in [-0.15, -0.1) is 0 Å². The first-order chi connectivity index (χ1) is 15.7. The molecule has 0 saturated heterocycles. The number of nitrogens with two attached hydrogens (primary N) is 2. The molecule has 2 aromatic carbocycles. The van der Waals surface area contributed by atoms with Gasteiger partial charge in [-0.25, -0.2) is 0 Å². The Morgan fingerprint density at radius 3 is 2.48 bits per heavy atom. The highest BCUT2D eigenvalue weighted by Gasteiger charge is 2.21. The molecule has 0 aliphatic heterocycles. The molecule has 1 heterocycles. The number of fused-ring (bicyclic) bond motifs is 1. The number of aldehydes is 1. The Morgan fingerprint density at radius 1 is 1.18 bits per heavy atom. The van der Waals surface area contributed by atoms with E-state index in [1.54, 1.807) is 31.3 Å². The lowest BCUT2D eigenvalue weighted by atomic mass is 9.96.